The van der Waals surface area contributed by atoms with Gasteiger partial charge in [0.2, 0.25) is 0 Å². The smallest absolute Gasteiger partial charge is 0.366 e. The van der Waals surface area contributed by atoms with Gasteiger partial charge in [-0.2, -0.15) is 23.4 Å². The maximum atomic E-state index is 13.8. The number of amides is 2. The molecule has 0 aliphatic carbocycles. The lowest BCUT2D eigenvalue weighted by molar-refractivity contribution is -0.161. The molecule has 1 aromatic carbocycles. The average Bonchev–Trinajstić information content (AvgIpc) is 3.09. The van der Waals surface area contributed by atoms with Crippen molar-refractivity contribution in [2.45, 2.75) is 31.2 Å². The second kappa shape index (κ2) is 7.41. The number of fused-ring (bicyclic) bond motifs is 1. The summed E-state index contributed by atoms with van der Waals surface area (Å²) in [7, 11) is 0. The number of carbonyl (C=O) groups is 2. The lowest BCUT2D eigenvalue weighted by Crippen LogP contribution is -2.56. The van der Waals surface area contributed by atoms with E-state index < -0.39 is 36.1 Å². The molecule has 1 fully saturated rings. The molecule has 156 valence electrons. The summed E-state index contributed by atoms with van der Waals surface area (Å²) in [6, 6.07) is 7.62. The number of hydrogen-bond donors (Lipinski definition) is 3. The van der Waals surface area contributed by atoms with Gasteiger partial charge >= 0.3 is 6.18 Å². The van der Waals surface area contributed by atoms with Crippen molar-refractivity contribution in [1.29, 1.82) is 0 Å². The first kappa shape index (κ1) is 19.8. The fraction of sp³-hybridized carbons (Fsp3) is 0.263. The topological polar surface area (TPSA) is 99.2 Å². The molecule has 0 radical (unpaired) electrons. The number of rotatable bonds is 3. The number of benzene rings is 1. The van der Waals surface area contributed by atoms with Crippen LogP contribution < -0.4 is 16.1 Å². The van der Waals surface area contributed by atoms with Crippen molar-refractivity contribution >= 4 is 17.5 Å². The van der Waals surface area contributed by atoms with Gasteiger partial charge in [0.05, 0.1) is 24.0 Å². The first-order valence-corrected chi connectivity index (χ1v) is 9.04. The van der Waals surface area contributed by atoms with E-state index in [-0.39, 0.29) is 11.3 Å². The van der Waals surface area contributed by atoms with Crippen LogP contribution in [0.1, 0.15) is 18.4 Å². The van der Waals surface area contributed by atoms with E-state index in [1.807, 2.05) is 0 Å². The molecule has 4 rings (SSSR count). The van der Waals surface area contributed by atoms with E-state index in [9.17, 15) is 22.8 Å². The highest BCUT2D eigenvalue weighted by Gasteiger charge is 2.58. The van der Waals surface area contributed by atoms with Gasteiger partial charge in [-0.05, 0) is 18.6 Å². The van der Waals surface area contributed by atoms with Crippen LogP contribution in [0.25, 0.3) is 0 Å². The molecule has 2 aromatic rings. The summed E-state index contributed by atoms with van der Waals surface area (Å²) >= 11 is 0. The summed E-state index contributed by atoms with van der Waals surface area (Å²) in [5.74, 6) is -2.70. The lowest BCUT2D eigenvalue weighted by atomic mass is 9.89. The maximum Gasteiger partial charge on any atom is 0.406 e. The fourth-order valence-electron chi connectivity index (χ4n) is 3.72. The first-order chi connectivity index (χ1) is 14.3. The zero-order valence-corrected chi connectivity index (χ0v) is 15.6. The second-order valence-electron chi connectivity index (χ2n) is 6.93. The summed E-state index contributed by atoms with van der Waals surface area (Å²) < 4.78 is 41.3. The molecule has 0 saturated carbocycles. The van der Waals surface area contributed by atoms with E-state index >= 15 is 0 Å². The van der Waals surface area contributed by atoms with Crippen molar-refractivity contribution < 1.29 is 22.8 Å². The molecule has 0 spiro atoms. The van der Waals surface area contributed by atoms with Crippen LogP contribution in [0.2, 0.25) is 0 Å². The third-order valence-corrected chi connectivity index (χ3v) is 5.03. The normalized spacial score (nSPS) is 23.8. The quantitative estimate of drug-likeness (QED) is 0.656. The van der Waals surface area contributed by atoms with Gasteiger partial charge < -0.3 is 10.6 Å². The van der Waals surface area contributed by atoms with Crippen molar-refractivity contribution in [2.75, 3.05) is 5.32 Å². The fourth-order valence-corrected chi connectivity index (χ4v) is 3.72. The van der Waals surface area contributed by atoms with Crippen LogP contribution in [-0.4, -0.2) is 45.4 Å². The van der Waals surface area contributed by atoms with E-state index in [0.29, 0.717) is 11.3 Å². The molecule has 3 unspecified atom stereocenters. The third kappa shape index (κ3) is 3.47. The molecular weight excluding hydrogens is 401 g/mol. The highest BCUT2D eigenvalue weighted by molar-refractivity contribution is 6.23. The summed E-state index contributed by atoms with van der Waals surface area (Å²) in [6.07, 6.45) is -2.98. The molecule has 3 heterocycles. The SMILES string of the molecule is CC1=C(C(=O)Nc2ccnnc2)C(=O)N2NC(C(F)(F)F)C(c3ccccc3)C2N1. The van der Waals surface area contributed by atoms with Crippen LogP contribution in [0.4, 0.5) is 18.9 Å². The van der Waals surface area contributed by atoms with E-state index in [0.717, 1.165) is 5.01 Å². The van der Waals surface area contributed by atoms with Crippen LogP contribution in [-0.2, 0) is 9.59 Å². The number of halogens is 3. The predicted molar refractivity (Wildman–Crippen MR) is 99.3 cm³/mol. The minimum atomic E-state index is -4.61. The third-order valence-electron chi connectivity index (χ3n) is 5.03. The Kier molecular flexibility index (Phi) is 4.90. The van der Waals surface area contributed by atoms with E-state index in [1.165, 1.54) is 25.4 Å². The number of allylic oxidation sites excluding steroid dienone is 1. The first-order valence-electron chi connectivity index (χ1n) is 9.04. The Hall–Kier alpha value is -3.47. The van der Waals surface area contributed by atoms with Crippen molar-refractivity contribution in [2.24, 2.45) is 0 Å². The van der Waals surface area contributed by atoms with Crippen LogP contribution in [0, 0.1) is 0 Å². The molecule has 0 bridgehead atoms. The van der Waals surface area contributed by atoms with Crippen LogP contribution in [0.3, 0.4) is 0 Å². The van der Waals surface area contributed by atoms with Gasteiger partial charge in [-0.3, -0.25) is 9.59 Å². The Labute approximate surface area is 169 Å². The predicted octanol–water partition coefficient (Wildman–Crippen LogP) is 1.68. The van der Waals surface area contributed by atoms with Gasteiger partial charge in [-0.25, -0.2) is 10.4 Å². The zero-order chi connectivity index (χ0) is 21.5. The molecular formula is C19H17F3N6O2. The van der Waals surface area contributed by atoms with Gasteiger partial charge in [0.25, 0.3) is 11.8 Å². The summed E-state index contributed by atoms with van der Waals surface area (Å²) in [5.41, 5.74) is 2.88. The van der Waals surface area contributed by atoms with Gasteiger partial charge in [0, 0.05) is 5.70 Å². The van der Waals surface area contributed by atoms with Crippen molar-refractivity contribution in [3.8, 4) is 0 Å². The molecule has 3 atom stereocenters. The number of nitrogens with one attached hydrogen (secondary N) is 3. The molecule has 1 saturated heterocycles. The highest BCUT2D eigenvalue weighted by atomic mass is 19.4. The van der Waals surface area contributed by atoms with Gasteiger partial charge in [0.1, 0.15) is 17.8 Å². The molecule has 11 heteroatoms. The minimum absolute atomic E-state index is 0.186. The van der Waals surface area contributed by atoms with Gasteiger partial charge in [0.15, 0.2) is 0 Å². The maximum absolute atomic E-state index is 13.8. The number of carbonyl (C=O) groups excluding carboxylic acids is 2. The lowest BCUT2D eigenvalue weighted by Gasteiger charge is -2.34. The van der Waals surface area contributed by atoms with Crippen LogP contribution in [0.5, 0.6) is 0 Å². The van der Waals surface area contributed by atoms with Crippen LogP contribution in [0.15, 0.2) is 60.1 Å². The monoisotopic (exact) mass is 418 g/mol. The van der Waals surface area contributed by atoms with Gasteiger partial charge in [-0.1, -0.05) is 30.3 Å². The minimum Gasteiger partial charge on any atom is -0.366 e. The summed E-state index contributed by atoms with van der Waals surface area (Å²) in [4.78, 5) is 25.7. The number of alkyl halides is 3. The molecule has 2 amide bonds. The number of anilines is 1. The average molecular weight is 418 g/mol. The standard InChI is InChI=1S/C19H17F3N6O2/c1-10-13(17(29)26-12-7-8-23-24-9-12)18(30)28-16(25-10)14(11-5-3-2-4-6-11)15(27-28)19(20,21)22/h2-9,14-16,25,27H,1H3,(H,23,26,29). The Morgan fingerprint density at radius 3 is 2.53 bits per heavy atom. The van der Waals surface area contributed by atoms with E-state index in [4.69, 9.17) is 0 Å². The molecule has 1 aromatic heterocycles. The van der Waals surface area contributed by atoms with Crippen LogP contribution >= 0.6 is 0 Å². The van der Waals surface area contributed by atoms with Gasteiger partial charge in [-0.15, -0.1) is 0 Å². The number of hydrogen-bond acceptors (Lipinski definition) is 6. The zero-order valence-electron chi connectivity index (χ0n) is 15.6. The van der Waals surface area contributed by atoms with Crippen molar-refractivity contribution in [1.82, 2.24) is 25.9 Å². The molecule has 8 nitrogen and oxygen atoms in total. The Morgan fingerprint density at radius 1 is 1.17 bits per heavy atom. The highest BCUT2D eigenvalue weighted by Crippen LogP contribution is 2.41. The van der Waals surface area contributed by atoms with E-state index in [2.05, 4.69) is 26.3 Å². The summed E-state index contributed by atoms with van der Waals surface area (Å²) in [6.45, 7) is 1.48. The number of nitrogens with zero attached hydrogens (tertiary/aromatic N) is 3. The Morgan fingerprint density at radius 2 is 1.90 bits per heavy atom. The Balaban J connectivity index is 1.67. The van der Waals surface area contributed by atoms with Crippen molar-refractivity contribution in [3.63, 3.8) is 0 Å². The molecule has 3 N–H and O–H groups in total. The second-order valence-corrected chi connectivity index (χ2v) is 6.93. The number of hydrazine groups is 1. The van der Waals surface area contributed by atoms with Crippen molar-refractivity contribution in [3.05, 3.63) is 65.6 Å². The largest absolute Gasteiger partial charge is 0.406 e. The molecule has 2 aliphatic heterocycles. The molecule has 30 heavy (non-hydrogen) atoms. The molecule has 2 aliphatic rings. The number of aromatic nitrogens is 2. The Bertz CT molecular complexity index is 996. The summed E-state index contributed by atoms with van der Waals surface area (Å²) in [5, 5.41) is 13.5. The van der Waals surface area contributed by atoms with E-state index in [1.54, 1.807) is 30.3 Å².